The zero-order chi connectivity index (χ0) is 33.1. The van der Waals surface area contributed by atoms with Crippen molar-refractivity contribution in [2.75, 3.05) is 4.90 Å². The predicted molar refractivity (Wildman–Crippen MR) is 209 cm³/mol. The molecule has 0 saturated heterocycles. The van der Waals surface area contributed by atoms with Gasteiger partial charge in [-0.25, -0.2) is 0 Å². The summed E-state index contributed by atoms with van der Waals surface area (Å²) in [6.07, 6.45) is 3.55. The van der Waals surface area contributed by atoms with E-state index in [2.05, 4.69) is 182 Å². The Labute approximate surface area is 288 Å². The van der Waals surface area contributed by atoms with E-state index >= 15 is 0 Å². The van der Waals surface area contributed by atoms with E-state index in [9.17, 15) is 0 Å². The van der Waals surface area contributed by atoms with E-state index in [1.807, 2.05) is 0 Å². The van der Waals surface area contributed by atoms with E-state index in [-0.39, 0.29) is 5.41 Å². The Morgan fingerprint density at radius 3 is 1.90 bits per heavy atom. The van der Waals surface area contributed by atoms with Crippen LogP contribution in [0.2, 0.25) is 0 Å². The molecule has 1 heterocycles. The highest BCUT2D eigenvalue weighted by atomic mass is 15.1. The van der Waals surface area contributed by atoms with Gasteiger partial charge in [0.15, 0.2) is 0 Å². The van der Waals surface area contributed by atoms with Crippen LogP contribution in [0.3, 0.4) is 0 Å². The van der Waals surface area contributed by atoms with Crippen LogP contribution in [0.1, 0.15) is 50.3 Å². The number of anilines is 3. The molecule has 0 radical (unpaired) electrons. The summed E-state index contributed by atoms with van der Waals surface area (Å²) in [6.45, 7) is 7.08. The summed E-state index contributed by atoms with van der Waals surface area (Å²) < 4.78 is 2.48. The SMILES string of the molecule is CCCCc1ccc2c(c1)c1ccccc1n2-c1ccc2c(c1)C(C)(C)c1cc(N(c3ccccc3)c3ccccc3)c3ccccc3c1-2. The van der Waals surface area contributed by atoms with Crippen molar-refractivity contribution in [1.29, 1.82) is 0 Å². The van der Waals surface area contributed by atoms with Crippen LogP contribution in [-0.4, -0.2) is 4.57 Å². The number of nitrogens with zero attached hydrogens (tertiary/aromatic N) is 2. The Hall–Kier alpha value is -5.60. The van der Waals surface area contributed by atoms with Gasteiger partial charge < -0.3 is 9.47 Å². The predicted octanol–water partition coefficient (Wildman–Crippen LogP) is 13.1. The van der Waals surface area contributed by atoms with Gasteiger partial charge in [-0.1, -0.05) is 118 Å². The molecule has 0 N–H and O–H groups in total. The smallest absolute Gasteiger partial charge is 0.0543 e. The third-order valence-electron chi connectivity index (χ3n) is 10.7. The molecule has 1 aliphatic rings. The van der Waals surface area contributed by atoms with Crippen molar-refractivity contribution in [2.24, 2.45) is 0 Å². The molecule has 9 rings (SSSR count). The van der Waals surface area contributed by atoms with E-state index < -0.39 is 0 Å². The van der Waals surface area contributed by atoms with Crippen molar-refractivity contribution in [3.05, 3.63) is 168 Å². The van der Waals surface area contributed by atoms with Gasteiger partial charge in [0, 0.05) is 38.6 Å². The maximum Gasteiger partial charge on any atom is 0.0543 e. The Kier molecular flexibility index (Phi) is 6.95. The van der Waals surface area contributed by atoms with E-state index in [1.54, 1.807) is 0 Å². The van der Waals surface area contributed by atoms with Gasteiger partial charge in [0.1, 0.15) is 0 Å². The summed E-state index contributed by atoms with van der Waals surface area (Å²) in [4.78, 5) is 2.42. The minimum atomic E-state index is -0.204. The number of hydrogen-bond donors (Lipinski definition) is 0. The van der Waals surface area contributed by atoms with Gasteiger partial charge in [-0.3, -0.25) is 0 Å². The quantitative estimate of drug-likeness (QED) is 0.170. The Morgan fingerprint density at radius 1 is 0.551 bits per heavy atom. The molecular formula is C47H40N2. The number of unbranched alkanes of at least 4 members (excludes halogenated alkanes) is 1. The monoisotopic (exact) mass is 632 g/mol. The molecule has 0 atom stereocenters. The molecule has 2 nitrogen and oxygen atoms in total. The van der Waals surface area contributed by atoms with E-state index in [0.717, 1.165) is 17.8 Å². The largest absolute Gasteiger partial charge is 0.310 e. The fourth-order valence-corrected chi connectivity index (χ4v) is 8.29. The van der Waals surface area contributed by atoms with Crippen molar-refractivity contribution in [3.63, 3.8) is 0 Å². The molecule has 0 spiro atoms. The van der Waals surface area contributed by atoms with Crippen LogP contribution in [0.5, 0.6) is 0 Å². The molecule has 8 aromatic rings. The number of para-hydroxylation sites is 3. The first-order valence-corrected chi connectivity index (χ1v) is 17.7. The molecule has 7 aromatic carbocycles. The van der Waals surface area contributed by atoms with E-state index in [1.165, 1.54) is 84.6 Å². The minimum Gasteiger partial charge on any atom is -0.310 e. The number of aryl methyl sites for hydroxylation is 1. The average molecular weight is 633 g/mol. The molecule has 238 valence electrons. The third-order valence-corrected chi connectivity index (χ3v) is 10.7. The number of aromatic nitrogens is 1. The number of hydrogen-bond acceptors (Lipinski definition) is 1. The Balaban J connectivity index is 1.25. The molecule has 0 unspecified atom stereocenters. The average Bonchev–Trinajstić information content (AvgIpc) is 3.59. The molecule has 2 heteroatoms. The normalized spacial score (nSPS) is 13.2. The summed E-state index contributed by atoms with van der Waals surface area (Å²) >= 11 is 0. The molecule has 0 fully saturated rings. The first-order valence-electron chi connectivity index (χ1n) is 17.7. The third kappa shape index (κ3) is 4.62. The second-order valence-corrected chi connectivity index (χ2v) is 14.0. The van der Waals surface area contributed by atoms with Gasteiger partial charge in [0.05, 0.1) is 16.7 Å². The van der Waals surface area contributed by atoms with Crippen LogP contribution in [0.15, 0.2) is 152 Å². The van der Waals surface area contributed by atoms with Crippen molar-refractivity contribution in [3.8, 4) is 16.8 Å². The molecule has 0 aliphatic heterocycles. The highest BCUT2D eigenvalue weighted by molar-refractivity contribution is 6.11. The lowest BCUT2D eigenvalue weighted by Crippen LogP contribution is -2.17. The first kappa shape index (κ1) is 29.5. The molecule has 0 bridgehead atoms. The molecular weight excluding hydrogens is 593 g/mol. The molecule has 0 amide bonds. The van der Waals surface area contributed by atoms with Crippen LogP contribution in [-0.2, 0) is 11.8 Å². The summed E-state index contributed by atoms with van der Waals surface area (Å²) in [6, 6.07) is 56.1. The van der Waals surface area contributed by atoms with Gasteiger partial charge in [0.25, 0.3) is 0 Å². The van der Waals surface area contributed by atoms with Gasteiger partial charge in [0.2, 0.25) is 0 Å². The molecule has 1 aromatic heterocycles. The zero-order valence-electron chi connectivity index (χ0n) is 28.4. The Bertz CT molecular complexity index is 2460. The molecule has 49 heavy (non-hydrogen) atoms. The lowest BCUT2D eigenvalue weighted by atomic mass is 9.81. The topological polar surface area (TPSA) is 8.17 Å². The van der Waals surface area contributed by atoms with Crippen molar-refractivity contribution in [1.82, 2.24) is 4.57 Å². The number of rotatable bonds is 7. The van der Waals surface area contributed by atoms with Gasteiger partial charge in [-0.15, -0.1) is 0 Å². The van der Waals surface area contributed by atoms with Crippen LogP contribution >= 0.6 is 0 Å². The number of fused-ring (bicyclic) bond motifs is 8. The maximum atomic E-state index is 2.48. The van der Waals surface area contributed by atoms with Gasteiger partial charge in [-0.2, -0.15) is 0 Å². The standard InChI is InChI=1S/C47H40N2/c1-4-5-16-32-25-28-44-40(29-32)37-22-14-15-24-43(37)49(44)35-26-27-39-41(30-35)47(2,3)42-31-45(36-21-12-13-23-38(36)46(39)42)48(33-17-8-6-9-18-33)34-19-10-7-11-20-34/h6-15,17-31H,4-5,16H2,1-3H3. The van der Waals surface area contributed by atoms with Gasteiger partial charge >= 0.3 is 0 Å². The van der Waals surface area contributed by atoms with Crippen molar-refractivity contribution >= 4 is 49.6 Å². The minimum absolute atomic E-state index is 0.204. The number of benzene rings is 7. The van der Waals surface area contributed by atoms with Crippen LogP contribution < -0.4 is 4.90 Å². The zero-order valence-corrected chi connectivity index (χ0v) is 28.4. The second-order valence-electron chi connectivity index (χ2n) is 14.0. The van der Waals surface area contributed by atoms with Crippen LogP contribution in [0.25, 0.3) is 49.4 Å². The summed E-state index contributed by atoms with van der Waals surface area (Å²) in [7, 11) is 0. The van der Waals surface area contributed by atoms with Gasteiger partial charge in [-0.05, 0) is 107 Å². The fourth-order valence-electron chi connectivity index (χ4n) is 8.29. The molecule has 1 aliphatic carbocycles. The second kappa shape index (κ2) is 11.5. The fraction of sp³-hybridized carbons (Fsp3) is 0.149. The highest BCUT2D eigenvalue weighted by Gasteiger charge is 2.38. The Morgan fingerprint density at radius 2 is 1.18 bits per heavy atom. The van der Waals surface area contributed by atoms with Crippen LogP contribution in [0.4, 0.5) is 17.1 Å². The maximum absolute atomic E-state index is 2.48. The summed E-state index contributed by atoms with van der Waals surface area (Å²) in [5.41, 5.74) is 13.9. The lowest BCUT2D eigenvalue weighted by Gasteiger charge is -2.29. The van der Waals surface area contributed by atoms with Crippen molar-refractivity contribution < 1.29 is 0 Å². The van der Waals surface area contributed by atoms with E-state index in [0.29, 0.717) is 0 Å². The first-order chi connectivity index (χ1) is 24.0. The summed E-state index contributed by atoms with van der Waals surface area (Å²) in [5.74, 6) is 0. The van der Waals surface area contributed by atoms with E-state index in [4.69, 9.17) is 0 Å². The van der Waals surface area contributed by atoms with Crippen molar-refractivity contribution in [2.45, 2.75) is 45.4 Å². The molecule has 0 saturated carbocycles. The summed E-state index contributed by atoms with van der Waals surface area (Å²) in [5, 5.41) is 5.20. The highest BCUT2D eigenvalue weighted by Crippen LogP contribution is 2.55. The van der Waals surface area contributed by atoms with Crippen LogP contribution in [0, 0.1) is 0 Å². The lowest BCUT2D eigenvalue weighted by molar-refractivity contribution is 0.660.